The van der Waals surface area contributed by atoms with Crippen LogP contribution in [0.1, 0.15) is 35.2 Å². The van der Waals surface area contributed by atoms with Gasteiger partial charge in [-0.1, -0.05) is 47.3 Å². The van der Waals surface area contributed by atoms with Crippen LogP contribution in [-0.4, -0.2) is 44.0 Å². The predicted molar refractivity (Wildman–Crippen MR) is 129 cm³/mol. The Hall–Kier alpha value is -0.960. The lowest BCUT2D eigenvalue weighted by molar-refractivity contribution is 0.0956. The molecule has 5 nitrogen and oxygen atoms in total. The van der Waals surface area contributed by atoms with Crippen molar-refractivity contribution in [3.8, 4) is 0 Å². The number of amides is 1. The third kappa shape index (κ3) is 6.53. The van der Waals surface area contributed by atoms with Crippen molar-refractivity contribution in [1.82, 2.24) is 9.62 Å². The Labute approximate surface area is 202 Å². The topological polar surface area (TPSA) is 66.5 Å². The molecule has 1 saturated heterocycles. The van der Waals surface area contributed by atoms with Crippen LogP contribution in [0.25, 0.3) is 0 Å². The summed E-state index contributed by atoms with van der Waals surface area (Å²) < 4.78 is 27.2. The zero-order valence-corrected chi connectivity index (χ0v) is 20.6. The minimum Gasteiger partial charge on any atom is -0.351 e. The molecule has 1 N–H and O–H groups in total. The molecule has 0 unspecified atom stereocenters. The summed E-state index contributed by atoms with van der Waals surface area (Å²) in [5.41, 5.74) is 1.13. The van der Waals surface area contributed by atoms with Crippen LogP contribution in [0.5, 0.6) is 0 Å². The van der Waals surface area contributed by atoms with Gasteiger partial charge in [-0.3, -0.25) is 4.79 Å². The van der Waals surface area contributed by atoms with Crippen LogP contribution in [0.4, 0.5) is 0 Å². The average molecular weight is 522 g/mol. The summed E-state index contributed by atoms with van der Waals surface area (Å²) in [6.07, 6.45) is 2.72. The van der Waals surface area contributed by atoms with E-state index < -0.39 is 15.9 Å². The summed E-state index contributed by atoms with van der Waals surface area (Å²) in [4.78, 5) is 12.7. The molecule has 3 rings (SSSR count). The van der Waals surface area contributed by atoms with Crippen LogP contribution >= 0.6 is 46.6 Å². The first-order valence-corrected chi connectivity index (χ1v) is 13.6. The zero-order valence-electron chi connectivity index (χ0n) is 16.7. The van der Waals surface area contributed by atoms with Gasteiger partial charge < -0.3 is 5.32 Å². The van der Waals surface area contributed by atoms with Gasteiger partial charge in [-0.2, -0.15) is 16.1 Å². The van der Waals surface area contributed by atoms with E-state index in [9.17, 15) is 13.2 Å². The average Bonchev–Trinajstić information content (AvgIpc) is 2.75. The highest BCUT2D eigenvalue weighted by molar-refractivity contribution is 7.98. The Kier molecular flexibility index (Phi) is 8.96. The number of carbonyl (C=O) groups excluding carboxylic acids is 1. The quantitative estimate of drug-likeness (QED) is 0.467. The van der Waals surface area contributed by atoms with Gasteiger partial charge in [0.05, 0.1) is 15.5 Å². The highest BCUT2D eigenvalue weighted by Crippen LogP contribution is 2.26. The third-order valence-electron chi connectivity index (χ3n) is 4.94. The summed E-state index contributed by atoms with van der Waals surface area (Å²) in [6, 6.07) is 9.65. The van der Waals surface area contributed by atoms with Gasteiger partial charge in [0, 0.05) is 41.2 Å². The summed E-state index contributed by atoms with van der Waals surface area (Å²) in [6.45, 7) is 1.41. The van der Waals surface area contributed by atoms with Crippen LogP contribution in [0.3, 0.4) is 0 Å². The maximum absolute atomic E-state index is 12.9. The van der Waals surface area contributed by atoms with Crippen molar-refractivity contribution in [1.29, 1.82) is 0 Å². The van der Waals surface area contributed by atoms with Crippen LogP contribution in [0, 0.1) is 0 Å². The second-order valence-electron chi connectivity index (χ2n) is 7.15. The molecule has 0 radical (unpaired) electrons. The molecule has 0 atom stereocenters. The number of nitrogens with one attached hydrogen (secondary N) is 1. The first kappa shape index (κ1) is 24.7. The molecule has 0 aromatic heterocycles. The van der Waals surface area contributed by atoms with Crippen molar-refractivity contribution in [2.75, 3.05) is 25.4 Å². The van der Waals surface area contributed by atoms with Gasteiger partial charge in [-0.25, -0.2) is 8.42 Å². The van der Waals surface area contributed by atoms with E-state index in [-0.39, 0.29) is 15.5 Å². The molecule has 31 heavy (non-hydrogen) atoms. The first-order valence-electron chi connectivity index (χ1n) is 9.88. The summed E-state index contributed by atoms with van der Waals surface area (Å²) in [7, 11) is -3.63. The number of piperidine rings is 1. The van der Waals surface area contributed by atoms with Crippen molar-refractivity contribution >= 4 is 62.5 Å². The van der Waals surface area contributed by atoms with Crippen molar-refractivity contribution in [2.24, 2.45) is 0 Å². The van der Waals surface area contributed by atoms with Gasteiger partial charge in [-0.15, -0.1) is 0 Å². The van der Waals surface area contributed by atoms with Gasteiger partial charge in [0.25, 0.3) is 5.91 Å². The Balaban J connectivity index is 1.56. The molecule has 0 spiro atoms. The number of rotatable bonds is 8. The van der Waals surface area contributed by atoms with Gasteiger partial charge in [-0.05, 0) is 48.7 Å². The highest BCUT2D eigenvalue weighted by Gasteiger charge is 2.27. The van der Waals surface area contributed by atoms with Crippen LogP contribution in [0.15, 0.2) is 41.3 Å². The fraction of sp³-hybridized carbons (Fsp3) is 0.381. The molecule has 1 aliphatic heterocycles. The number of benzene rings is 2. The van der Waals surface area contributed by atoms with E-state index >= 15 is 0 Å². The molecular formula is C21H23Cl3N2O3S2. The lowest BCUT2D eigenvalue weighted by atomic mass is 10.2. The minimum atomic E-state index is -3.63. The Morgan fingerprint density at radius 1 is 1.00 bits per heavy atom. The molecule has 0 saturated carbocycles. The smallest absolute Gasteiger partial charge is 0.252 e. The largest absolute Gasteiger partial charge is 0.351 e. The monoisotopic (exact) mass is 520 g/mol. The molecule has 1 amide bonds. The number of sulfonamides is 1. The van der Waals surface area contributed by atoms with Crippen molar-refractivity contribution in [2.45, 2.75) is 29.9 Å². The first-order chi connectivity index (χ1) is 14.8. The van der Waals surface area contributed by atoms with Crippen LogP contribution < -0.4 is 5.32 Å². The second-order valence-corrected chi connectivity index (χ2v) is 11.4. The fourth-order valence-electron chi connectivity index (χ4n) is 3.25. The molecular weight excluding hydrogens is 499 g/mol. The van der Waals surface area contributed by atoms with Gasteiger partial charge >= 0.3 is 0 Å². The Bertz CT molecular complexity index is 1040. The zero-order chi connectivity index (χ0) is 22.4. The molecule has 2 aromatic rings. The molecule has 0 aliphatic carbocycles. The Morgan fingerprint density at radius 3 is 2.45 bits per heavy atom. The number of carbonyl (C=O) groups is 1. The van der Waals surface area contributed by atoms with E-state index in [0.717, 1.165) is 24.8 Å². The van der Waals surface area contributed by atoms with Crippen molar-refractivity contribution in [3.05, 3.63) is 62.6 Å². The second kappa shape index (κ2) is 11.3. The summed E-state index contributed by atoms with van der Waals surface area (Å²) in [5, 5.41) is 4.22. The lowest BCUT2D eigenvalue weighted by Gasteiger charge is -2.26. The van der Waals surface area contributed by atoms with Crippen LogP contribution in [0.2, 0.25) is 15.1 Å². The summed E-state index contributed by atoms with van der Waals surface area (Å²) >= 11 is 19.9. The number of hydrogen-bond donors (Lipinski definition) is 1. The standard InChI is InChI=1S/C21H23Cl3N2O3S2/c22-16-5-4-15(20(24)12-16)14-30-11-8-25-21(27)18-13-17(6-7-19(18)23)31(28,29)26-9-2-1-3-10-26/h4-7,12-13H,1-3,8-11,14H2,(H,25,27). The molecule has 1 fully saturated rings. The number of halogens is 3. The van der Waals surface area contributed by atoms with Gasteiger partial charge in [0.1, 0.15) is 0 Å². The molecule has 168 valence electrons. The number of thioether (sulfide) groups is 1. The molecule has 1 aliphatic rings. The van der Waals surface area contributed by atoms with Gasteiger partial charge in [0.15, 0.2) is 0 Å². The highest BCUT2D eigenvalue weighted by atomic mass is 35.5. The molecule has 10 heteroatoms. The maximum Gasteiger partial charge on any atom is 0.252 e. The SMILES string of the molecule is O=C(NCCSCc1ccc(Cl)cc1Cl)c1cc(S(=O)(=O)N2CCCCC2)ccc1Cl. The predicted octanol–water partition coefficient (Wildman–Crippen LogP) is 5.48. The molecule has 1 heterocycles. The number of nitrogens with zero attached hydrogens (tertiary/aromatic N) is 1. The third-order valence-corrected chi connectivity index (χ3v) is 8.76. The van der Waals surface area contributed by atoms with Crippen molar-refractivity contribution < 1.29 is 13.2 Å². The summed E-state index contributed by atoms with van der Waals surface area (Å²) in [5.74, 6) is 0.954. The van der Waals surface area contributed by atoms with Crippen molar-refractivity contribution in [3.63, 3.8) is 0 Å². The van der Waals surface area contributed by atoms with E-state index in [1.165, 1.54) is 22.5 Å². The normalized spacial score (nSPS) is 15.1. The van der Waals surface area contributed by atoms with E-state index in [1.807, 2.05) is 6.07 Å². The number of hydrogen-bond acceptors (Lipinski definition) is 4. The fourth-order valence-corrected chi connectivity index (χ4v) is 6.41. The van der Waals surface area contributed by atoms with E-state index in [1.54, 1.807) is 23.9 Å². The lowest BCUT2D eigenvalue weighted by Crippen LogP contribution is -2.35. The van der Waals surface area contributed by atoms with Gasteiger partial charge in [0.2, 0.25) is 10.0 Å². The van der Waals surface area contributed by atoms with E-state index in [4.69, 9.17) is 34.8 Å². The van der Waals surface area contributed by atoms with E-state index in [0.29, 0.717) is 41.2 Å². The van der Waals surface area contributed by atoms with Crippen LogP contribution in [-0.2, 0) is 15.8 Å². The minimum absolute atomic E-state index is 0.0932. The van der Waals surface area contributed by atoms with E-state index in [2.05, 4.69) is 5.32 Å². The maximum atomic E-state index is 12.9. The molecule has 0 bridgehead atoms. The Morgan fingerprint density at radius 2 is 1.74 bits per heavy atom. The molecule has 2 aromatic carbocycles.